The Balaban J connectivity index is 1.61. The van der Waals surface area contributed by atoms with Gasteiger partial charge in [-0.3, -0.25) is 4.79 Å². The molecule has 0 radical (unpaired) electrons. The first-order chi connectivity index (χ1) is 14.6. The molecule has 30 heavy (non-hydrogen) atoms. The molecule has 0 atom stereocenters. The van der Waals surface area contributed by atoms with Crippen LogP contribution in [0.5, 0.6) is 17.2 Å². The van der Waals surface area contributed by atoms with Crippen molar-refractivity contribution in [3.8, 4) is 17.2 Å². The molecule has 2 heterocycles. The number of hydrogen-bond donors (Lipinski definition) is 1. The van der Waals surface area contributed by atoms with Crippen molar-refractivity contribution in [2.75, 3.05) is 52.5 Å². The number of amides is 1. The van der Waals surface area contributed by atoms with E-state index >= 15 is 0 Å². The lowest BCUT2D eigenvalue weighted by Gasteiger charge is -2.27. The number of carbonyl (C=O) groups is 1. The summed E-state index contributed by atoms with van der Waals surface area (Å²) >= 11 is 0. The van der Waals surface area contributed by atoms with Crippen molar-refractivity contribution in [1.82, 2.24) is 15.3 Å². The quantitative estimate of drug-likeness (QED) is 0.652. The van der Waals surface area contributed by atoms with Gasteiger partial charge in [-0.25, -0.2) is 9.97 Å². The van der Waals surface area contributed by atoms with Crippen molar-refractivity contribution in [3.63, 3.8) is 0 Å². The van der Waals surface area contributed by atoms with Gasteiger partial charge in [0, 0.05) is 25.4 Å². The molecule has 3 rings (SSSR count). The number of carbonyl (C=O) groups excluding carboxylic acids is 1. The number of hydrogen-bond acceptors (Lipinski definition) is 8. The van der Waals surface area contributed by atoms with Crippen molar-refractivity contribution in [1.29, 1.82) is 0 Å². The van der Waals surface area contributed by atoms with Crippen LogP contribution in [-0.4, -0.2) is 63.5 Å². The Bertz CT molecular complexity index is 872. The highest BCUT2D eigenvalue weighted by molar-refractivity contribution is 5.91. The van der Waals surface area contributed by atoms with Crippen LogP contribution < -0.4 is 24.4 Å². The molecule has 1 aromatic carbocycles. The zero-order valence-corrected chi connectivity index (χ0v) is 17.4. The lowest BCUT2D eigenvalue weighted by atomic mass is 10.1. The Hall–Kier alpha value is -3.33. The smallest absolute Gasteiger partial charge is 0.244 e. The van der Waals surface area contributed by atoms with E-state index in [1.165, 1.54) is 6.08 Å². The van der Waals surface area contributed by atoms with Crippen LogP contribution in [0.2, 0.25) is 0 Å². The average molecular weight is 414 g/mol. The molecule has 0 saturated carbocycles. The second-order valence-electron chi connectivity index (χ2n) is 6.44. The van der Waals surface area contributed by atoms with E-state index in [4.69, 9.17) is 18.9 Å². The average Bonchev–Trinajstić information content (AvgIpc) is 2.81. The van der Waals surface area contributed by atoms with Gasteiger partial charge in [0.15, 0.2) is 11.5 Å². The maximum Gasteiger partial charge on any atom is 0.244 e. The minimum atomic E-state index is -0.260. The van der Waals surface area contributed by atoms with Gasteiger partial charge in [-0.15, -0.1) is 0 Å². The number of benzene rings is 1. The summed E-state index contributed by atoms with van der Waals surface area (Å²) in [5.41, 5.74) is 0.741. The van der Waals surface area contributed by atoms with Crippen LogP contribution in [0.4, 0.5) is 5.82 Å². The molecule has 0 unspecified atom stereocenters. The summed E-state index contributed by atoms with van der Waals surface area (Å²) < 4.78 is 21.3. The largest absolute Gasteiger partial charge is 0.493 e. The van der Waals surface area contributed by atoms with E-state index in [0.29, 0.717) is 36.3 Å². The molecule has 1 N–H and O–H groups in total. The number of morpholine rings is 1. The molecule has 1 saturated heterocycles. The van der Waals surface area contributed by atoms with Crippen LogP contribution in [0.25, 0.3) is 6.08 Å². The third kappa shape index (κ3) is 5.38. The molecule has 1 fully saturated rings. The lowest BCUT2D eigenvalue weighted by molar-refractivity contribution is -0.116. The van der Waals surface area contributed by atoms with Crippen LogP contribution in [0.1, 0.15) is 11.4 Å². The van der Waals surface area contributed by atoms with E-state index in [-0.39, 0.29) is 12.5 Å². The standard InChI is InChI=1S/C21H26N4O5/c1-27-16-12-15(13-17(28-2)21(16)29-3)4-5-20(26)23-14-18-22-7-6-19(24-18)25-8-10-30-11-9-25/h4-7,12-13H,8-11,14H2,1-3H3,(H,23,26)/b5-4+. The van der Waals surface area contributed by atoms with Gasteiger partial charge in [0.05, 0.1) is 41.1 Å². The summed E-state index contributed by atoms with van der Waals surface area (Å²) in [7, 11) is 4.63. The Morgan fingerprint density at radius 2 is 1.87 bits per heavy atom. The number of methoxy groups -OCH3 is 3. The van der Waals surface area contributed by atoms with Crippen molar-refractivity contribution in [2.24, 2.45) is 0 Å². The van der Waals surface area contributed by atoms with Crippen molar-refractivity contribution >= 4 is 17.8 Å². The van der Waals surface area contributed by atoms with Crippen LogP contribution in [0, 0.1) is 0 Å². The number of rotatable bonds is 8. The zero-order valence-electron chi connectivity index (χ0n) is 17.4. The molecule has 0 spiro atoms. The monoisotopic (exact) mass is 414 g/mol. The first kappa shape index (κ1) is 21.4. The van der Waals surface area contributed by atoms with Gasteiger partial charge in [-0.2, -0.15) is 0 Å². The van der Waals surface area contributed by atoms with Gasteiger partial charge < -0.3 is 29.2 Å². The fourth-order valence-corrected chi connectivity index (χ4v) is 3.04. The van der Waals surface area contributed by atoms with Crippen molar-refractivity contribution in [3.05, 3.63) is 41.9 Å². The van der Waals surface area contributed by atoms with E-state index in [9.17, 15) is 4.79 Å². The number of ether oxygens (including phenoxy) is 4. The summed E-state index contributed by atoms with van der Waals surface area (Å²) in [6, 6.07) is 5.39. The van der Waals surface area contributed by atoms with Crippen molar-refractivity contribution in [2.45, 2.75) is 6.54 Å². The molecule has 9 heteroatoms. The predicted octanol–water partition coefficient (Wildman–Crippen LogP) is 1.67. The van der Waals surface area contributed by atoms with Gasteiger partial charge in [0.1, 0.15) is 11.6 Å². The molecule has 9 nitrogen and oxygen atoms in total. The highest BCUT2D eigenvalue weighted by Gasteiger charge is 2.14. The molecule has 2 aromatic rings. The molecule has 1 amide bonds. The minimum Gasteiger partial charge on any atom is -0.493 e. The van der Waals surface area contributed by atoms with E-state index in [2.05, 4.69) is 20.2 Å². The Kier molecular flexibility index (Phi) is 7.45. The fourth-order valence-electron chi connectivity index (χ4n) is 3.04. The molecular formula is C21H26N4O5. The van der Waals surface area contributed by atoms with E-state index in [0.717, 1.165) is 24.5 Å². The highest BCUT2D eigenvalue weighted by atomic mass is 16.5. The third-order valence-electron chi connectivity index (χ3n) is 4.56. The molecule has 0 aliphatic carbocycles. The fraction of sp³-hybridized carbons (Fsp3) is 0.381. The third-order valence-corrected chi connectivity index (χ3v) is 4.56. The number of anilines is 1. The predicted molar refractivity (Wildman–Crippen MR) is 112 cm³/mol. The van der Waals surface area contributed by atoms with E-state index < -0.39 is 0 Å². The first-order valence-corrected chi connectivity index (χ1v) is 9.55. The van der Waals surface area contributed by atoms with Crippen molar-refractivity contribution < 1.29 is 23.7 Å². The number of aromatic nitrogens is 2. The lowest BCUT2D eigenvalue weighted by Crippen LogP contribution is -2.37. The molecule has 1 aromatic heterocycles. The maximum atomic E-state index is 12.2. The summed E-state index contributed by atoms with van der Waals surface area (Å²) in [6.45, 7) is 3.18. The van der Waals surface area contributed by atoms with Gasteiger partial charge in [-0.1, -0.05) is 0 Å². The van der Waals surface area contributed by atoms with Gasteiger partial charge in [0.2, 0.25) is 11.7 Å². The number of nitrogens with one attached hydrogen (secondary N) is 1. The second kappa shape index (κ2) is 10.4. The zero-order chi connectivity index (χ0) is 21.3. The second-order valence-corrected chi connectivity index (χ2v) is 6.44. The minimum absolute atomic E-state index is 0.233. The number of nitrogens with zero attached hydrogens (tertiary/aromatic N) is 3. The van der Waals surface area contributed by atoms with Gasteiger partial charge >= 0.3 is 0 Å². The molecule has 0 bridgehead atoms. The SMILES string of the molecule is COc1cc(/C=C/C(=O)NCc2nccc(N3CCOCC3)n2)cc(OC)c1OC. The summed E-state index contributed by atoms with van der Waals surface area (Å²) in [5.74, 6) is 2.66. The highest BCUT2D eigenvalue weighted by Crippen LogP contribution is 2.38. The molecule has 1 aliphatic heterocycles. The topological polar surface area (TPSA) is 95.0 Å². The normalized spacial score (nSPS) is 13.9. The Labute approximate surface area is 175 Å². The van der Waals surface area contributed by atoms with Crippen LogP contribution >= 0.6 is 0 Å². The first-order valence-electron chi connectivity index (χ1n) is 9.55. The molecule has 160 valence electrons. The maximum absolute atomic E-state index is 12.2. The summed E-state index contributed by atoms with van der Waals surface area (Å²) in [6.07, 6.45) is 4.81. The molecular weight excluding hydrogens is 388 g/mol. The summed E-state index contributed by atoms with van der Waals surface area (Å²) in [4.78, 5) is 23.1. The van der Waals surface area contributed by atoms with Gasteiger partial charge in [0.25, 0.3) is 0 Å². The van der Waals surface area contributed by atoms with Crippen LogP contribution in [-0.2, 0) is 16.1 Å². The van der Waals surface area contributed by atoms with E-state index in [1.54, 1.807) is 45.7 Å². The van der Waals surface area contributed by atoms with Crippen LogP contribution in [0.15, 0.2) is 30.5 Å². The van der Waals surface area contributed by atoms with Crippen LogP contribution in [0.3, 0.4) is 0 Å². The van der Waals surface area contributed by atoms with Gasteiger partial charge in [-0.05, 0) is 29.8 Å². The van der Waals surface area contributed by atoms with E-state index in [1.807, 2.05) is 6.07 Å². The Morgan fingerprint density at radius 3 is 2.50 bits per heavy atom. The molecule has 1 aliphatic rings. The Morgan fingerprint density at radius 1 is 1.17 bits per heavy atom. The summed E-state index contributed by atoms with van der Waals surface area (Å²) in [5, 5.41) is 2.80.